The number of benzene rings is 1. The highest BCUT2D eigenvalue weighted by Gasteiger charge is 2.26. The van der Waals surface area contributed by atoms with Crippen LogP contribution in [0.3, 0.4) is 0 Å². The van der Waals surface area contributed by atoms with E-state index in [2.05, 4.69) is 22.1 Å². The summed E-state index contributed by atoms with van der Waals surface area (Å²) < 4.78 is 41.0. The van der Waals surface area contributed by atoms with Crippen LogP contribution in [0.25, 0.3) is 11.0 Å². The van der Waals surface area contributed by atoms with Crippen molar-refractivity contribution in [1.82, 2.24) is 14.3 Å². The van der Waals surface area contributed by atoms with Crippen LogP contribution in [-0.2, 0) is 10.0 Å². The van der Waals surface area contributed by atoms with Gasteiger partial charge in [-0.2, -0.15) is 0 Å². The van der Waals surface area contributed by atoms with Gasteiger partial charge in [0.1, 0.15) is 11.3 Å². The first-order valence-corrected chi connectivity index (χ1v) is 9.86. The van der Waals surface area contributed by atoms with E-state index in [0.29, 0.717) is 17.1 Å². The number of fused-ring (bicyclic) bond motifs is 1. The van der Waals surface area contributed by atoms with Crippen LogP contribution in [0.15, 0.2) is 53.7 Å². The summed E-state index contributed by atoms with van der Waals surface area (Å²) in [6.45, 7) is 4.43. The summed E-state index contributed by atoms with van der Waals surface area (Å²) in [4.78, 5) is 6.45. The largest absolute Gasteiger partial charge is 0.366 e. The van der Waals surface area contributed by atoms with E-state index in [0.717, 1.165) is 31.4 Å². The van der Waals surface area contributed by atoms with Crippen LogP contribution < -0.4 is 10.2 Å². The second kappa shape index (κ2) is 6.37. The Bertz CT molecular complexity index is 1060. The van der Waals surface area contributed by atoms with Crippen molar-refractivity contribution >= 4 is 26.7 Å². The lowest BCUT2D eigenvalue weighted by Crippen LogP contribution is -2.49. The van der Waals surface area contributed by atoms with Crippen LogP contribution in [0.4, 0.5) is 10.1 Å². The molecule has 0 bridgehead atoms. The Morgan fingerprint density at radius 3 is 2.88 bits per heavy atom. The molecule has 26 heavy (non-hydrogen) atoms. The maximum absolute atomic E-state index is 13.6. The van der Waals surface area contributed by atoms with Gasteiger partial charge in [-0.15, -0.1) is 0 Å². The topological polar surface area (TPSA) is 67.2 Å². The Morgan fingerprint density at radius 2 is 2.12 bits per heavy atom. The summed E-state index contributed by atoms with van der Waals surface area (Å²) in [5.74, 6) is -0.586. The fourth-order valence-corrected chi connectivity index (χ4v) is 4.72. The number of hydrogen-bond acceptors (Lipinski definition) is 5. The molecule has 0 spiro atoms. The SMILES string of the molecule is C[C@H]1CN(c2cn(S(=O)(=O)c3cccc(F)c3)c3cccnc23)CCN1. The number of pyridine rings is 1. The molecule has 8 heteroatoms. The number of piperazine rings is 1. The number of anilines is 1. The van der Waals surface area contributed by atoms with Crippen molar-refractivity contribution in [3.8, 4) is 0 Å². The molecule has 0 unspecified atom stereocenters. The van der Waals surface area contributed by atoms with Crippen LogP contribution in [0.5, 0.6) is 0 Å². The molecule has 1 N–H and O–H groups in total. The highest BCUT2D eigenvalue weighted by atomic mass is 32.2. The number of nitrogens with zero attached hydrogens (tertiary/aromatic N) is 3. The molecule has 0 radical (unpaired) electrons. The van der Waals surface area contributed by atoms with E-state index in [1.165, 1.54) is 22.2 Å². The van der Waals surface area contributed by atoms with Crippen molar-refractivity contribution in [2.45, 2.75) is 17.9 Å². The first-order valence-electron chi connectivity index (χ1n) is 8.42. The van der Waals surface area contributed by atoms with Gasteiger partial charge in [-0.3, -0.25) is 4.98 Å². The number of nitrogens with one attached hydrogen (secondary N) is 1. The van der Waals surface area contributed by atoms with Crippen molar-refractivity contribution < 1.29 is 12.8 Å². The summed E-state index contributed by atoms with van der Waals surface area (Å²) in [7, 11) is -3.93. The van der Waals surface area contributed by atoms with Crippen LogP contribution in [0.2, 0.25) is 0 Å². The molecular weight excluding hydrogens is 355 g/mol. The smallest absolute Gasteiger partial charge is 0.268 e. The molecule has 1 aliphatic rings. The van der Waals surface area contributed by atoms with Gasteiger partial charge in [-0.25, -0.2) is 16.8 Å². The Hall–Kier alpha value is -2.45. The van der Waals surface area contributed by atoms with E-state index in [1.54, 1.807) is 24.5 Å². The second-order valence-corrected chi connectivity index (χ2v) is 8.26. The summed E-state index contributed by atoms with van der Waals surface area (Å²) in [6, 6.07) is 8.76. The molecule has 0 aliphatic carbocycles. The summed E-state index contributed by atoms with van der Waals surface area (Å²) >= 11 is 0. The molecule has 2 aromatic heterocycles. The predicted octanol–water partition coefficient (Wildman–Crippen LogP) is 2.21. The van der Waals surface area contributed by atoms with Crippen molar-refractivity contribution in [3.63, 3.8) is 0 Å². The fourth-order valence-electron chi connectivity index (χ4n) is 3.34. The Labute approximate surface area is 151 Å². The van der Waals surface area contributed by atoms with Crippen molar-refractivity contribution in [2.75, 3.05) is 24.5 Å². The van der Waals surface area contributed by atoms with E-state index >= 15 is 0 Å². The first kappa shape index (κ1) is 17.0. The molecular formula is C18H19FN4O2S. The van der Waals surface area contributed by atoms with Gasteiger partial charge < -0.3 is 10.2 Å². The van der Waals surface area contributed by atoms with Crippen LogP contribution in [-0.4, -0.2) is 43.1 Å². The maximum Gasteiger partial charge on any atom is 0.268 e. The monoisotopic (exact) mass is 374 g/mol. The maximum atomic E-state index is 13.6. The zero-order chi connectivity index (χ0) is 18.3. The summed E-state index contributed by atoms with van der Waals surface area (Å²) in [6.07, 6.45) is 3.24. The van der Waals surface area contributed by atoms with Crippen LogP contribution >= 0.6 is 0 Å². The zero-order valence-corrected chi connectivity index (χ0v) is 15.1. The molecule has 0 saturated carbocycles. The lowest BCUT2D eigenvalue weighted by atomic mass is 10.2. The van der Waals surface area contributed by atoms with Gasteiger partial charge in [0.2, 0.25) is 0 Å². The fraction of sp³-hybridized carbons (Fsp3) is 0.278. The molecule has 3 aromatic rings. The standard InChI is InChI=1S/C18H19FN4O2S/c1-13-11-22(9-8-20-13)17-12-23(16-6-3-7-21-18(16)17)26(24,25)15-5-2-4-14(19)10-15/h2-7,10,12-13,20H,8-9,11H2,1H3/t13-/m0/s1. The van der Waals surface area contributed by atoms with Crippen molar-refractivity contribution in [2.24, 2.45) is 0 Å². The summed E-state index contributed by atoms with van der Waals surface area (Å²) in [5.41, 5.74) is 1.88. The molecule has 1 saturated heterocycles. The molecule has 0 amide bonds. The van der Waals surface area contributed by atoms with E-state index in [4.69, 9.17) is 0 Å². The Morgan fingerprint density at radius 1 is 1.27 bits per heavy atom. The lowest BCUT2D eigenvalue weighted by Gasteiger charge is -2.32. The molecule has 1 aliphatic heterocycles. The quantitative estimate of drug-likeness (QED) is 0.761. The van der Waals surface area contributed by atoms with E-state index in [-0.39, 0.29) is 4.90 Å². The van der Waals surface area contributed by atoms with E-state index in [1.807, 2.05) is 0 Å². The molecule has 1 aromatic carbocycles. The minimum atomic E-state index is -3.93. The minimum Gasteiger partial charge on any atom is -0.366 e. The summed E-state index contributed by atoms with van der Waals surface area (Å²) in [5, 5.41) is 3.37. The average Bonchev–Trinajstić information content (AvgIpc) is 3.02. The third-order valence-corrected chi connectivity index (χ3v) is 6.24. The van der Waals surface area contributed by atoms with Gasteiger partial charge in [0.05, 0.1) is 16.1 Å². The van der Waals surface area contributed by atoms with Gasteiger partial charge in [-0.05, 0) is 37.3 Å². The third kappa shape index (κ3) is 2.85. The van der Waals surface area contributed by atoms with Gasteiger partial charge in [-0.1, -0.05) is 6.07 Å². The number of rotatable bonds is 3. The molecule has 1 atom stereocenters. The van der Waals surface area contributed by atoms with Crippen molar-refractivity contribution in [3.05, 3.63) is 54.6 Å². The highest BCUT2D eigenvalue weighted by molar-refractivity contribution is 7.90. The Balaban J connectivity index is 1.88. The molecule has 6 nitrogen and oxygen atoms in total. The third-order valence-electron chi connectivity index (χ3n) is 4.57. The van der Waals surface area contributed by atoms with Crippen molar-refractivity contribution in [1.29, 1.82) is 0 Å². The van der Waals surface area contributed by atoms with Gasteiger partial charge in [0.25, 0.3) is 10.0 Å². The molecule has 3 heterocycles. The first-order chi connectivity index (χ1) is 12.5. The van der Waals surface area contributed by atoms with E-state index in [9.17, 15) is 12.8 Å². The molecule has 136 valence electrons. The number of aromatic nitrogens is 2. The predicted molar refractivity (Wildman–Crippen MR) is 98.4 cm³/mol. The van der Waals surface area contributed by atoms with Gasteiger partial charge in [0.15, 0.2) is 0 Å². The number of hydrogen-bond donors (Lipinski definition) is 1. The molecule has 1 fully saturated rings. The molecule has 4 rings (SSSR count). The second-order valence-electron chi connectivity index (χ2n) is 6.44. The lowest BCUT2D eigenvalue weighted by molar-refractivity contribution is 0.485. The van der Waals surface area contributed by atoms with Crippen LogP contribution in [0, 0.1) is 5.82 Å². The average molecular weight is 374 g/mol. The normalized spacial score (nSPS) is 18.4. The highest BCUT2D eigenvalue weighted by Crippen LogP contribution is 2.31. The number of halogens is 1. The van der Waals surface area contributed by atoms with Gasteiger partial charge in [0, 0.05) is 38.1 Å². The van der Waals surface area contributed by atoms with Gasteiger partial charge >= 0.3 is 0 Å². The Kier molecular flexibility index (Phi) is 4.16. The van der Waals surface area contributed by atoms with E-state index < -0.39 is 15.8 Å². The van der Waals surface area contributed by atoms with Crippen LogP contribution in [0.1, 0.15) is 6.92 Å². The minimum absolute atomic E-state index is 0.0847. The zero-order valence-electron chi connectivity index (χ0n) is 14.3.